The van der Waals surface area contributed by atoms with Crippen LogP contribution in [0.15, 0.2) is 52.3 Å². The van der Waals surface area contributed by atoms with E-state index in [0.717, 1.165) is 11.3 Å². The van der Waals surface area contributed by atoms with Gasteiger partial charge < -0.3 is 4.90 Å². The summed E-state index contributed by atoms with van der Waals surface area (Å²) >= 11 is 6.10. The van der Waals surface area contributed by atoms with Crippen molar-refractivity contribution in [3.8, 4) is 6.07 Å². The first kappa shape index (κ1) is 20.4. The van der Waals surface area contributed by atoms with Crippen molar-refractivity contribution in [3.63, 3.8) is 0 Å². The van der Waals surface area contributed by atoms with E-state index in [4.69, 9.17) is 5.26 Å². The first-order valence-electron chi connectivity index (χ1n) is 8.34. The summed E-state index contributed by atoms with van der Waals surface area (Å²) in [7, 11) is 0. The van der Waals surface area contributed by atoms with Gasteiger partial charge in [-0.05, 0) is 52.7 Å². The van der Waals surface area contributed by atoms with Gasteiger partial charge in [-0.15, -0.1) is 0 Å². The van der Waals surface area contributed by atoms with E-state index in [-0.39, 0.29) is 5.91 Å². The Morgan fingerprint density at radius 3 is 2.71 bits per heavy atom. The number of carbonyl (C=O) groups excluding carboxylic acids is 1. The lowest BCUT2D eigenvalue weighted by molar-refractivity contribution is 0.0980. The highest BCUT2D eigenvalue weighted by Gasteiger charge is 2.21. The molecule has 1 aromatic heterocycles. The number of thiazole rings is 1. The zero-order valence-corrected chi connectivity index (χ0v) is 18.5. The van der Waals surface area contributed by atoms with E-state index < -0.39 is 0 Å². The monoisotopic (exact) mass is 472 g/mol. The number of aromatic nitrogens is 1. The van der Waals surface area contributed by atoms with Gasteiger partial charge in [-0.25, -0.2) is 4.98 Å². The molecule has 1 heterocycles. The molecule has 0 fully saturated rings. The van der Waals surface area contributed by atoms with Gasteiger partial charge in [0.15, 0.2) is 10.8 Å². The lowest BCUT2D eigenvalue weighted by Crippen LogP contribution is -2.18. The molecule has 0 aliphatic rings. The number of aryl methyl sites for hydroxylation is 1. The zero-order chi connectivity index (χ0) is 20.1. The smallest absolute Gasteiger partial charge is 0.281 e. The molecule has 0 unspecified atom stereocenters. The second-order valence-corrected chi connectivity index (χ2v) is 8.90. The molecule has 0 saturated carbocycles. The van der Waals surface area contributed by atoms with E-state index >= 15 is 0 Å². The van der Waals surface area contributed by atoms with Gasteiger partial charge >= 0.3 is 0 Å². The summed E-state index contributed by atoms with van der Waals surface area (Å²) in [4.78, 5) is 18.9. The number of hydrogen-bond donors (Lipinski definition) is 1. The third-order valence-electron chi connectivity index (χ3n) is 3.95. The molecule has 1 amide bonds. The molecule has 2 aromatic carbocycles. The van der Waals surface area contributed by atoms with Gasteiger partial charge in [-0.1, -0.05) is 53.1 Å². The van der Waals surface area contributed by atoms with Crippen LogP contribution in [0, 0.1) is 18.3 Å². The van der Waals surface area contributed by atoms with Crippen LogP contribution in [0.3, 0.4) is 0 Å². The first-order valence-corrected chi connectivity index (χ1v) is 11.2. The molecule has 0 saturated heterocycles. The summed E-state index contributed by atoms with van der Waals surface area (Å²) in [5.74, 6) is -0.239. The molecule has 0 spiro atoms. The Hall–Kier alpha value is -2.34. The lowest BCUT2D eigenvalue weighted by Gasteiger charge is -2.22. The molecule has 142 valence electrons. The minimum Gasteiger partial charge on any atom is -0.313 e. The molecular weight excluding hydrogens is 456 g/mol. The highest BCUT2D eigenvalue weighted by molar-refractivity contribution is 9.11. The fraction of sp³-hybridized carbons (Fsp3) is 0.150. The second-order valence-electron chi connectivity index (χ2n) is 5.99. The van der Waals surface area contributed by atoms with Crippen LogP contribution < -0.4 is 9.62 Å². The Kier molecular flexibility index (Phi) is 6.73. The topological polar surface area (TPSA) is 69.0 Å². The molecule has 0 aliphatic carbocycles. The summed E-state index contributed by atoms with van der Waals surface area (Å²) in [6.45, 7) is 2.65. The maximum Gasteiger partial charge on any atom is 0.281 e. The number of halogens is 1. The van der Waals surface area contributed by atoms with Crippen LogP contribution in [0.5, 0.6) is 0 Å². The van der Waals surface area contributed by atoms with Gasteiger partial charge in [0.25, 0.3) is 5.91 Å². The first-order chi connectivity index (χ1) is 13.5. The third-order valence-corrected chi connectivity index (χ3v) is 6.06. The Morgan fingerprint density at radius 1 is 1.32 bits per heavy atom. The van der Waals surface area contributed by atoms with Crippen molar-refractivity contribution < 1.29 is 4.79 Å². The fourth-order valence-corrected chi connectivity index (χ4v) is 4.46. The highest BCUT2D eigenvalue weighted by Crippen LogP contribution is 2.36. The van der Waals surface area contributed by atoms with E-state index in [1.807, 2.05) is 23.1 Å². The van der Waals surface area contributed by atoms with Crippen LogP contribution >= 0.6 is 39.2 Å². The van der Waals surface area contributed by atoms with Crippen molar-refractivity contribution in [2.45, 2.75) is 13.5 Å². The van der Waals surface area contributed by atoms with Crippen LogP contribution in [0.4, 0.5) is 10.8 Å². The van der Waals surface area contributed by atoms with Crippen molar-refractivity contribution in [2.24, 2.45) is 0 Å². The number of carbonyl (C=O) groups is 1. The van der Waals surface area contributed by atoms with Gasteiger partial charge in [0.1, 0.15) is 3.79 Å². The quantitative estimate of drug-likeness (QED) is 0.484. The number of amides is 1. The Bertz CT molecular complexity index is 1030. The summed E-state index contributed by atoms with van der Waals surface area (Å²) in [5, 5.41) is 9.77. The summed E-state index contributed by atoms with van der Waals surface area (Å²) in [6.07, 6.45) is 1.79. The molecule has 3 aromatic rings. The van der Waals surface area contributed by atoms with E-state index in [1.54, 1.807) is 18.4 Å². The van der Waals surface area contributed by atoms with Gasteiger partial charge in [-0.2, -0.15) is 5.26 Å². The Labute approximate surface area is 180 Å². The predicted molar refractivity (Wildman–Crippen MR) is 119 cm³/mol. The molecule has 8 heteroatoms. The third kappa shape index (κ3) is 4.73. The van der Waals surface area contributed by atoms with E-state index in [9.17, 15) is 4.79 Å². The highest BCUT2D eigenvalue weighted by atomic mass is 79.9. The van der Waals surface area contributed by atoms with Crippen molar-refractivity contribution in [2.75, 3.05) is 11.2 Å². The number of nitrogens with zero attached hydrogens (tertiary/aromatic N) is 3. The molecule has 0 aliphatic heterocycles. The SMILES string of the molecule is CSNC(=O)c1nc(N(Cc2cccc(C)c2)c2ccc(C#N)cc2)sc1Br. The molecule has 5 nitrogen and oxygen atoms in total. The largest absolute Gasteiger partial charge is 0.313 e. The molecule has 0 bridgehead atoms. The van der Waals surface area contributed by atoms with Gasteiger partial charge in [0, 0.05) is 11.9 Å². The maximum absolute atomic E-state index is 12.3. The van der Waals surface area contributed by atoms with E-state index in [0.29, 0.717) is 26.7 Å². The molecule has 0 radical (unpaired) electrons. The second kappa shape index (κ2) is 9.24. The molecule has 3 rings (SSSR count). The summed E-state index contributed by atoms with van der Waals surface area (Å²) in [5.41, 5.74) is 4.17. The lowest BCUT2D eigenvalue weighted by atomic mass is 10.1. The van der Waals surface area contributed by atoms with Crippen LogP contribution in [0.1, 0.15) is 27.2 Å². The van der Waals surface area contributed by atoms with Crippen LogP contribution in [-0.4, -0.2) is 17.1 Å². The number of hydrogen-bond acceptors (Lipinski definition) is 6. The van der Waals surface area contributed by atoms with Crippen LogP contribution in [0.25, 0.3) is 0 Å². The number of anilines is 2. The average molecular weight is 473 g/mol. The summed E-state index contributed by atoms with van der Waals surface area (Å²) < 4.78 is 3.38. The van der Waals surface area contributed by atoms with Crippen LogP contribution in [-0.2, 0) is 6.54 Å². The van der Waals surface area contributed by atoms with Crippen molar-refractivity contribution >= 4 is 55.9 Å². The minimum absolute atomic E-state index is 0.239. The van der Waals surface area contributed by atoms with Crippen molar-refractivity contribution in [1.29, 1.82) is 5.26 Å². The molecular formula is C20H17BrN4OS2. The van der Waals surface area contributed by atoms with E-state index in [1.165, 1.54) is 28.8 Å². The number of rotatable bonds is 6. The fourth-order valence-electron chi connectivity index (χ4n) is 2.67. The zero-order valence-electron chi connectivity index (χ0n) is 15.3. The number of benzene rings is 2. The molecule has 28 heavy (non-hydrogen) atoms. The van der Waals surface area contributed by atoms with Crippen molar-refractivity contribution in [1.82, 2.24) is 9.71 Å². The average Bonchev–Trinajstić information content (AvgIpc) is 3.08. The van der Waals surface area contributed by atoms with Crippen molar-refractivity contribution in [3.05, 3.63) is 74.7 Å². The van der Waals surface area contributed by atoms with Gasteiger partial charge in [-0.3, -0.25) is 9.52 Å². The normalized spacial score (nSPS) is 10.4. The Morgan fingerprint density at radius 2 is 2.07 bits per heavy atom. The number of nitriles is 1. The predicted octanol–water partition coefficient (Wildman–Crippen LogP) is 5.43. The Balaban J connectivity index is 2.01. The maximum atomic E-state index is 12.3. The molecule has 0 atom stereocenters. The minimum atomic E-state index is -0.239. The number of nitrogens with one attached hydrogen (secondary N) is 1. The van der Waals surface area contributed by atoms with Gasteiger partial charge in [0.2, 0.25) is 0 Å². The van der Waals surface area contributed by atoms with E-state index in [2.05, 4.69) is 56.8 Å². The van der Waals surface area contributed by atoms with Crippen LogP contribution in [0.2, 0.25) is 0 Å². The van der Waals surface area contributed by atoms with Gasteiger partial charge in [0.05, 0.1) is 18.2 Å². The molecule has 1 N–H and O–H groups in total. The standard InChI is InChI=1S/C20H17BrN4OS2/c1-13-4-3-5-15(10-13)12-25(16-8-6-14(11-22)7-9-16)20-23-17(18(21)28-20)19(26)24-27-2/h3-10H,12H2,1-2H3,(H,24,26). The summed E-state index contributed by atoms with van der Waals surface area (Å²) in [6, 6.07) is 17.8.